The highest BCUT2D eigenvalue weighted by Crippen LogP contribution is 2.23. The van der Waals surface area contributed by atoms with Crippen LogP contribution in [0.3, 0.4) is 0 Å². The topological polar surface area (TPSA) is 159 Å². The Hall–Kier alpha value is -5.58. The predicted molar refractivity (Wildman–Crippen MR) is 174 cm³/mol. The molecule has 50 heavy (non-hydrogen) atoms. The van der Waals surface area contributed by atoms with Crippen LogP contribution in [0.1, 0.15) is 29.8 Å². The average molecular weight is 721 g/mol. The molecule has 0 bridgehead atoms. The van der Waals surface area contributed by atoms with Crippen LogP contribution in [0.15, 0.2) is 66.9 Å². The van der Waals surface area contributed by atoms with Gasteiger partial charge in [0.15, 0.2) is 6.61 Å². The molecule has 0 radical (unpaired) electrons. The smallest absolute Gasteiger partial charge is 0.422 e. The van der Waals surface area contributed by atoms with Crippen LogP contribution >= 0.6 is 11.6 Å². The number of pyridine rings is 1. The van der Waals surface area contributed by atoms with Gasteiger partial charge in [-0.25, -0.2) is 13.8 Å². The van der Waals surface area contributed by atoms with Crippen LogP contribution in [0.2, 0.25) is 5.02 Å². The summed E-state index contributed by atoms with van der Waals surface area (Å²) in [5, 5.41) is 13.5. The van der Waals surface area contributed by atoms with Gasteiger partial charge in [0.1, 0.15) is 29.1 Å². The van der Waals surface area contributed by atoms with Crippen molar-refractivity contribution < 1.29 is 41.1 Å². The van der Waals surface area contributed by atoms with E-state index < -0.39 is 53.6 Å². The van der Waals surface area contributed by atoms with Gasteiger partial charge in [-0.3, -0.25) is 14.4 Å². The monoisotopic (exact) mass is 720 g/mol. The third-order valence-corrected chi connectivity index (χ3v) is 6.83. The summed E-state index contributed by atoms with van der Waals surface area (Å²) in [6.45, 7) is 2.11. The molecule has 0 atom stereocenters. The lowest BCUT2D eigenvalue weighted by molar-refractivity contribution is -0.154. The number of halogens is 6. The summed E-state index contributed by atoms with van der Waals surface area (Å²) < 4.78 is 70.0. The van der Waals surface area contributed by atoms with Gasteiger partial charge < -0.3 is 31.3 Å². The van der Waals surface area contributed by atoms with Crippen molar-refractivity contribution in [3.8, 4) is 6.01 Å². The molecule has 0 aliphatic heterocycles. The number of alkyl halides is 3. The van der Waals surface area contributed by atoms with E-state index in [4.69, 9.17) is 16.3 Å². The molecular formula is C32H30ClF5N8O4. The van der Waals surface area contributed by atoms with E-state index in [1.54, 1.807) is 38.1 Å². The van der Waals surface area contributed by atoms with E-state index in [1.165, 1.54) is 24.4 Å². The summed E-state index contributed by atoms with van der Waals surface area (Å²) in [5.41, 5.74) is -0.109. The molecular weight excluding hydrogens is 691 g/mol. The quantitative estimate of drug-likeness (QED) is 0.0874. The Kier molecular flexibility index (Phi) is 12.1. The molecule has 0 aliphatic rings. The largest absolute Gasteiger partial charge is 0.454 e. The van der Waals surface area contributed by atoms with E-state index >= 15 is 0 Å². The normalized spacial score (nSPS) is 11.4. The molecule has 0 aliphatic carbocycles. The van der Waals surface area contributed by atoms with E-state index in [2.05, 4.69) is 41.5 Å². The molecule has 264 valence electrons. The third kappa shape index (κ3) is 11.8. The first-order valence-corrected chi connectivity index (χ1v) is 15.1. The van der Waals surface area contributed by atoms with Gasteiger partial charge in [0.05, 0.1) is 11.3 Å². The number of carbonyl (C=O) groups is 3. The number of carbonyl (C=O) groups excluding carboxylic acids is 3. The Labute approximate surface area is 287 Å². The zero-order chi connectivity index (χ0) is 36.5. The lowest BCUT2D eigenvalue weighted by Gasteiger charge is -2.25. The second kappa shape index (κ2) is 16.2. The molecule has 0 fully saturated rings. The minimum Gasteiger partial charge on any atom is -0.454 e. The first-order valence-electron chi connectivity index (χ1n) is 14.7. The molecule has 2 aromatic carbocycles. The van der Waals surface area contributed by atoms with Crippen LogP contribution in [0.25, 0.3) is 0 Å². The predicted octanol–water partition coefficient (Wildman–Crippen LogP) is 5.61. The second-order valence-corrected chi connectivity index (χ2v) is 11.9. The molecule has 4 aromatic rings. The van der Waals surface area contributed by atoms with Crippen LogP contribution in [-0.4, -0.2) is 58.5 Å². The number of nitrogens with zero attached hydrogens (tertiary/aromatic N) is 3. The number of hydrogen-bond donors (Lipinski definition) is 5. The molecule has 2 heterocycles. The van der Waals surface area contributed by atoms with Crippen molar-refractivity contribution in [2.45, 2.75) is 26.6 Å². The van der Waals surface area contributed by atoms with Gasteiger partial charge >= 0.3 is 24.0 Å². The summed E-state index contributed by atoms with van der Waals surface area (Å²) in [6.07, 6.45) is -3.36. The molecule has 12 nitrogen and oxygen atoms in total. The van der Waals surface area contributed by atoms with Crippen LogP contribution in [0.5, 0.6) is 6.01 Å². The number of hydrogen-bond acceptors (Lipinski definition) is 9. The number of aromatic nitrogens is 3. The van der Waals surface area contributed by atoms with Crippen molar-refractivity contribution in [1.82, 2.24) is 25.6 Å². The standard InChI is InChI=1S/C32H30ClF5N8O4/c1-31(2,16-42-28(48)29(49)43-23-9-8-21(34)11-22(23)35)15-41-27(47)19-5-10-24(40-14-19)44-26-12-25(39-13-18-3-6-20(33)7-4-18)45-30(46-26)50-17-32(36,37)38/h3-12,14H,13,15-17H2,1-2H3,(H,41,47)(H,42,48)(H,43,49)(H2,39,40,44,45,46). The van der Waals surface area contributed by atoms with Crippen molar-refractivity contribution in [3.63, 3.8) is 0 Å². The van der Waals surface area contributed by atoms with Crippen molar-refractivity contribution in [2.24, 2.45) is 5.41 Å². The molecule has 2 aromatic heterocycles. The highest BCUT2D eigenvalue weighted by atomic mass is 35.5. The maximum atomic E-state index is 13.8. The summed E-state index contributed by atoms with van der Waals surface area (Å²) in [6, 6.07) is 13.2. The first-order chi connectivity index (χ1) is 23.5. The van der Waals surface area contributed by atoms with Gasteiger partial charge in [-0.2, -0.15) is 23.1 Å². The van der Waals surface area contributed by atoms with Crippen molar-refractivity contribution in [3.05, 3.63) is 94.6 Å². The molecule has 0 unspecified atom stereocenters. The molecule has 3 amide bonds. The van der Waals surface area contributed by atoms with Gasteiger partial charge in [-0.05, 0) is 47.4 Å². The number of rotatable bonds is 13. The summed E-state index contributed by atoms with van der Waals surface area (Å²) in [5.74, 6) is -4.20. The van der Waals surface area contributed by atoms with E-state index in [0.29, 0.717) is 11.1 Å². The van der Waals surface area contributed by atoms with Crippen molar-refractivity contribution in [2.75, 3.05) is 35.6 Å². The molecule has 4 rings (SSSR count). The molecule has 5 N–H and O–H groups in total. The minimum absolute atomic E-state index is 0.0449. The van der Waals surface area contributed by atoms with E-state index in [9.17, 15) is 36.3 Å². The number of nitrogens with one attached hydrogen (secondary N) is 5. The summed E-state index contributed by atoms with van der Waals surface area (Å²) >= 11 is 5.91. The molecule has 18 heteroatoms. The zero-order valence-electron chi connectivity index (χ0n) is 26.4. The highest BCUT2D eigenvalue weighted by molar-refractivity contribution is 6.39. The Bertz CT molecular complexity index is 1830. The number of amides is 3. The van der Waals surface area contributed by atoms with E-state index in [0.717, 1.165) is 17.7 Å². The highest BCUT2D eigenvalue weighted by Gasteiger charge is 2.29. The number of ether oxygens (including phenoxy) is 1. The Balaban J connectivity index is 1.31. The SMILES string of the molecule is CC(C)(CNC(=O)C(=O)Nc1ccc(F)cc1F)CNC(=O)c1ccc(Nc2cc(NCc3ccc(Cl)cc3)nc(OCC(F)(F)F)n2)nc1. The molecule has 0 spiro atoms. The fourth-order valence-electron chi connectivity index (χ4n) is 3.97. The maximum Gasteiger partial charge on any atom is 0.422 e. The zero-order valence-corrected chi connectivity index (χ0v) is 27.2. The van der Waals surface area contributed by atoms with Crippen LogP contribution in [0, 0.1) is 17.0 Å². The average Bonchev–Trinajstić information content (AvgIpc) is 3.06. The second-order valence-electron chi connectivity index (χ2n) is 11.5. The lowest BCUT2D eigenvalue weighted by Crippen LogP contribution is -2.45. The molecule has 0 saturated carbocycles. The minimum atomic E-state index is -4.62. The fourth-order valence-corrected chi connectivity index (χ4v) is 4.10. The Morgan fingerprint density at radius 1 is 0.840 bits per heavy atom. The van der Waals surface area contributed by atoms with Gasteiger partial charge in [0.25, 0.3) is 5.91 Å². The number of anilines is 4. The van der Waals surface area contributed by atoms with Crippen molar-refractivity contribution >= 4 is 52.5 Å². The van der Waals surface area contributed by atoms with Gasteiger partial charge in [-0.1, -0.05) is 37.6 Å². The van der Waals surface area contributed by atoms with Crippen LogP contribution in [0.4, 0.5) is 45.1 Å². The van der Waals surface area contributed by atoms with Gasteiger partial charge in [-0.15, -0.1) is 0 Å². The third-order valence-electron chi connectivity index (χ3n) is 6.58. The Morgan fingerprint density at radius 3 is 2.20 bits per heavy atom. The van der Waals surface area contributed by atoms with Crippen molar-refractivity contribution in [1.29, 1.82) is 0 Å². The van der Waals surface area contributed by atoms with Gasteiger partial charge in [0.2, 0.25) is 0 Å². The summed E-state index contributed by atoms with van der Waals surface area (Å²) in [4.78, 5) is 49.3. The van der Waals surface area contributed by atoms with Crippen LogP contribution < -0.4 is 31.3 Å². The van der Waals surface area contributed by atoms with E-state index in [-0.39, 0.29) is 48.3 Å². The Morgan fingerprint density at radius 2 is 1.54 bits per heavy atom. The maximum absolute atomic E-state index is 13.8. The fraction of sp³-hybridized carbons (Fsp3) is 0.250. The number of benzene rings is 2. The summed E-state index contributed by atoms with van der Waals surface area (Å²) in [7, 11) is 0. The molecule has 0 saturated heterocycles. The van der Waals surface area contributed by atoms with Crippen LogP contribution in [-0.2, 0) is 16.1 Å². The first kappa shape index (κ1) is 37.2. The van der Waals surface area contributed by atoms with E-state index in [1.807, 2.05) is 0 Å². The van der Waals surface area contributed by atoms with Gasteiger partial charge in [0, 0.05) is 43.0 Å². The lowest BCUT2D eigenvalue weighted by atomic mass is 9.93.